The first-order valence-electron chi connectivity index (χ1n) is 23.5. The number of para-hydroxylation sites is 3. The molecule has 0 radical (unpaired) electrons. The summed E-state index contributed by atoms with van der Waals surface area (Å²) in [6.07, 6.45) is 0. The van der Waals surface area contributed by atoms with Gasteiger partial charge in [-0.1, -0.05) is 174 Å². The van der Waals surface area contributed by atoms with Crippen molar-refractivity contribution in [3.05, 3.63) is 221 Å². The lowest BCUT2D eigenvalue weighted by atomic mass is 9.42. The second kappa shape index (κ2) is 12.2. The van der Waals surface area contributed by atoms with Crippen molar-refractivity contribution in [2.75, 3.05) is 9.71 Å². The molecule has 0 atom stereocenters. The van der Waals surface area contributed by atoms with Crippen LogP contribution >= 0.6 is 0 Å². The van der Waals surface area contributed by atoms with Crippen LogP contribution in [0, 0.1) is 0 Å². The molecule has 5 aliphatic rings. The molecule has 1 aromatic heterocycles. The van der Waals surface area contributed by atoms with Crippen LogP contribution in [0.25, 0.3) is 55.3 Å². The van der Waals surface area contributed by atoms with E-state index in [1.807, 2.05) is 0 Å². The third kappa shape index (κ3) is 4.28. The molecule has 0 amide bonds. The zero-order chi connectivity index (χ0) is 44.0. The van der Waals surface area contributed by atoms with Gasteiger partial charge in [0.15, 0.2) is 0 Å². The van der Waals surface area contributed by atoms with E-state index in [0.717, 1.165) is 21.9 Å². The molecule has 3 nitrogen and oxygen atoms in total. The number of benzene rings is 9. The highest BCUT2D eigenvalue weighted by molar-refractivity contribution is 6.94. The Labute approximate surface area is 385 Å². The standard InChI is InChI=1S/C62H45BN2O/c1-60(2,3)36-29-31-37(32-30-36)65-53-35-50-42(40-19-6-10-21-45(40)61(50,4)5)33-43(53)44-34-55-56(41-20-9-15-28-54(41)66-55)59-57(44)63(65)51-26-16-25-49-58(51)64(59)52-27-14-13-24-48(52)62(49)46-22-11-7-17-38(46)39-18-8-12-23-47(39)62/h6-35H,1-5H3. The number of hydrogen-bond acceptors (Lipinski definition) is 3. The maximum Gasteiger partial charge on any atom is 0.333 e. The Morgan fingerprint density at radius 2 is 1.09 bits per heavy atom. The molecule has 10 aromatic rings. The summed E-state index contributed by atoms with van der Waals surface area (Å²) in [4.78, 5) is 5.36. The number of hydrogen-bond donors (Lipinski definition) is 0. The van der Waals surface area contributed by atoms with Crippen molar-refractivity contribution in [1.82, 2.24) is 0 Å². The van der Waals surface area contributed by atoms with Crippen LogP contribution in [0.3, 0.4) is 0 Å². The van der Waals surface area contributed by atoms with Gasteiger partial charge in [-0.3, -0.25) is 0 Å². The molecule has 0 unspecified atom stereocenters. The number of nitrogens with zero attached hydrogens (tertiary/aromatic N) is 2. The van der Waals surface area contributed by atoms with E-state index in [1.54, 1.807) is 0 Å². The van der Waals surface area contributed by atoms with Crippen LogP contribution in [0.5, 0.6) is 0 Å². The Morgan fingerprint density at radius 3 is 1.82 bits per heavy atom. The Bertz CT molecular complexity index is 3760. The van der Waals surface area contributed by atoms with Crippen LogP contribution in [0.2, 0.25) is 0 Å². The lowest BCUT2D eigenvalue weighted by Crippen LogP contribution is -2.62. The zero-order valence-electron chi connectivity index (χ0n) is 37.7. The van der Waals surface area contributed by atoms with Crippen LogP contribution < -0.4 is 20.6 Å². The van der Waals surface area contributed by atoms with Crippen molar-refractivity contribution in [3.63, 3.8) is 0 Å². The minimum Gasteiger partial charge on any atom is -0.456 e. The van der Waals surface area contributed by atoms with Gasteiger partial charge in [0.05, 0.1) is 22.2 Å². The van der Waals surface area contributed by atoms with E-state index in [0.29, 0.717) is 0 Å². The summed E-state index contributed by atoms with van der Waals surface area (Å²) in [6.45, 7) is 11.6. The van der Waals surface area contributed by atoms with E-state index >= 15 is 0 Å². The molecule has 0 N–H and O–H groups in total. The fourth-order valence-corrected chi connectivity index (χ4v) is 13.4. The van der Waals surface area contributed by atoms with Gasteiger partial charge >= 0.3 is 6.85 Å². The quantitative estimate of drug-likeness (QED) is 0.154. The molecule has 1 spiro atoms. The first-order valence-corrected chi connectivity index (χ1v) is 23.5. The highest BCUT2D eigenvalue weighted by Gasteiger charge is 2.56. The first-order chi connectivity index (χ1) is 32.2. The summed E-state index contributed by atoms with van der Waals surface area (Å²) in [5, 5.41) is 2.29. The molecular formula is C62H45BN2O. The molecule has 2 aliphatic carbocycles. The summed E-state index contributed by atoms with van der Waals surface area (Å²) >= 11 is 0. The van der Waals surface area contributed by atoms with Gasteiger partial charge in [-0.05, 0) is 126 Å². The number of fused-ring (bicyclic) bond motifs is 20. The number of rotatable bonds is 1. The molecule has 9 aromatic carbocycles. The van der Waals surface area contributed by atoms with Crippen LogP contribution in [0.15, 0.2) is 186 Å². The van der Waals surface area contributed by atoms with E-state index in [-0.39, 0.29) is 17.7 Å². The minimum absolute atomic E-state index is 0.0160. The summed E-state index contributed by atoms with van der Waals surface area (Å²) in [6, 6.07) is 69.4. The summed E-state index contributed by atoms with van der Waals surface area (Å²) < 4.78 is 7.04. The number of furan rings is 1. The third-order valence-corrected chi connectivity index (χ3v) is 16.2. The average Bonchev–Trinajstić information content (AvgIpc) is 3.94. The molecule has 0 saturated heterocycles. The summed E-state index contributed by atoms with van der Waals surface area (Å²) in [5.41, 5.74) is 26.9. The lowest BCUT2D eigenvalue weighted by molar-refractivity contribution is 0.590. The second-order valence-corrected chi connectivity index (χ2v) is 20.7. The van der Waals surface area contributed by atoms with Crippen LogP contribution in [-0.4, -0.2) is 6.85 Å². The van der Waals surface area contributed by atoms with Crippen molar-refractivity contribution >= 4 is 68.1 Å². The van der Waals surface area contributed by atoms with Crippen molar-refractivity contribution in [3.8, 4) is 33.4 Å². The summed E-state index contributed by atoms with van der Waals surface area (Å²) in [7, 11) is 0. The molecule has 3 aliphatic heterocycles. The Balaban J connectivity index is 1.13. The van der Waals surface area contributed by atoms with Gasteiger partial charge < -0.3 is 14.1 Å². The van der Waals surface area contributed by atoms with Gasteiger partial charge in [-0.25, -0.2) is 0 Å². The Hall–Kier alpha value is -7.56. The highest BCUT2D eigenvalue weighted by atomic mass is 16.3. The van der Waals surface area contributed by atoms with Gasteiger partial charge in [0.2, 0.25) is 0 Å². The van der Waals surface area contributed by atoms with Crippen molar-refractivity contribution < 1.29 is 4.42 Å². The minimum atomic E-state index is -0.541. The zero-order valence-corrected chi connectivity index (χ0v) is 37.7. The first kappa shape index (κ1) is 36.7. The Kier molecular flexibility index (Phi) is 6.80. The monoisotopic (exact) mass is 844 g/mol. The van der Waals surface area contributed by atoms with Crippen LogP contribution in [-0.2, 0) is 16.2 Å². The SMILES string of the molecule is CC(C)(C)c1ccc(N2B3c4cccc5c4N(c4ccccc4C54c5ccccc5-c5ccccc54)c4c3c(cc3oc5ccccc5c43)-c3cc4c(cc32)C(C)(C)c2ccccc2-4)cc1. The maximum atomic E-state index is 7.04. The van der Waals surface area contributed by atoms with Crippen LogP contribution in [0.4, 0.5) is 28.4 Å². The van der Waals surface area contributed by atoms with Crippen molar-refractivity contribution in [1.29, 1.82) is 0 Å². The van der Waals surface area contributed by atoms with Gasteiger partial charge in [-0.15, -0.1) is 0 Å². The Morgan fingerprint density at radius 1 is 0.470 bits per heavy atom. The van der Waals surface area contributed by atoms with Gasteiger partial charge in [0.25, 0.3) is 0 Å². The molecule has 0 bridgehead atoms. The molecule has 312 valence electrons. The molecule has 4 heterocycles. The average molecular weight is 845 g/mol. The molecule has 4 heteroatoms. The van der Waals surface area contributed by atoms with E-state index in [1.165, 1.54) is 112 Å². The fourth-order valence-electron chi connectivity index (χ4n) is 13.4. The van der Waals surface area contributed by atoms with Crippen molar-refractivity contribution in [2.45, 2.75) is 50.9 Å². The molecule has 15 rings (SSSR count). The smallest absolute Gasteiger partial charge is 0.333 e. The lowest BCUT2D eigenvalue weighted by Gasteiger charge is -2.51. The van der Waals surface area contributed by atoms with Gasteiger partial charge in [0.1, 0.15) is 11.2 Å². The summed E-state index contributed by atoms with van der Waals surface area (Å²) in [5.74, 6) is 0. The van der Waals surface area contributed by atoms with E-state index in [4.69, 9.17) is 4.42 Å². The molecular weight excluding hydrogens is 800 g/mol. The van der Waals surface area contributed by atoms with E-state index in [9.17, 15) is 0 Å². The van der Waals surface area contributed by atoms with Crippen molar-refractivity contribution in [2.24, 2.45) is 0 Å². The molecule has 66 heavy (non-hydrogen) atoms. The van der Waals surface area contributed by atoms with E-state index in [2.05, 4.69) is 226 Å². The fraction of sp³-hybridized carbons (Fsp3) is 0.129. The van der Waals surface area contributed by atoms with Gasteiger partial charge in [-0.2, -0.15) is 0 Å². The largest absolute Gasteiger partial charge is 0.456 e. The topological polar surface area (TPSA) is 19.6 Å². The predicted octanol–water partition coefficient (Wildman–Crippen LogP) is 14.6. The second-order valence-electron chi connectivity index (χ2n) is 20.7. The highest BCUT2D eigenvalue weighted by Crippen LogP contribution is 2.65. The molecule has 0 fully saturated rings. The normalized spacial score (nSPS) is 15.8. The van der Waals surface area contributed by atoms with E-state index < -0.39 is 5.41 Å². The maximum absolute atomic E-state index is 7.04. The number of anilines is 5. The third-order valence-electron chi connectivity index (χ3n) is 16.2. The predicted molar refractivity (Wildman–Crippen MR) is 275 cm³/mol. The molecule has 0 saturated carbocycles. The van der Waals surface area contributed by atoms with Crippen LogP contribution in [0.1, 0.15) is 73.6 Å². The van der Waals surface area contributed by atoms with Gasteiger partial charge in [0, 0.05) is 33.4 Å².